The third-order valence-electron chi connectivity index (χ3n) is 2.04. The number of rotatable bonds is 2. The predicted molar refractivity (Wildman–Crippen MR) is 49.6 cm³/mol. The van der Waals surface area contributed by atoms with Gasteiger partial charge in [0.15, 0.2) is 23.3 Å². The van der Waals surface area contributed by atoms with E-state index in [0.717, 1.165) is 6.92 Å². The van der Waals surface area contributed by atoms with Crippen molar-refractivity contribution in [3.05, 3.63) is 29.1 Å². The van der Waals surface area contributed by atoms with Crippen molar-refractivity contribution < 1.29 is 26.7 Å². The molecule has 1 aromatic rings. The first-order valence-electron chi connectivity index (χ1n) is 4.53. The second kappa shape index (κ2) is 5.00. The summed E-state index contributed by atoms with van der Waals surface area (Å²) in [6, 6.07) is 1.45. The lowest BCUT2D eigenvalue weighted by Crippen LogP contribution is -2.22. The van der Waals surface area contributed by atoms with Crippen LogP contribution in [0.25, 0.3) is 0 Å². The third kappa shape index (κ3) is 2.25. The highest BCUT2D eigenvalue weighted by Crippen LogP contribution is 2.27. The number of nitrogens with zero attached hydrogens (tertiary/aromatic N) is 1. The van der Waals surface area contributed by atoms with Gasteiger partial charge < -0.3 is 5.32 Å². The average molecular weight is 264 g/mol. The zero-order valence-electron chi connectivity index (χ0n) is 8.82. The van der Waals surface area contributed by atoms with E-state index in [4.69, 9.17) is 5.26 Å². The minimum atomic E-state index is -2.32. The van der Waals surface area contributed by atoms with Crippen LogP contribution in [0.2, 0.25) is 0 Å². The highest BCUT2D eigenvalue weighted by atomic mass is 19.2. The Bertz CT molecular complexity index is 523. The van der Waals surface area contributed by atoms with E-state index < -0.39 is 46.6 Å². The molecule has 0 bridgehead atoms. The van der Waals surface area contributed by atoms with Crippen LogP contribution in [-0.2, 0) is 4.79 Å². The maximum absolute atomic E-state index is 13.1. The second-order valence-electron chi connectivity index (χ2n) is 3.28. The molecule has 0 heterocycles. The Balaban J connectivity index is 3.27. The minimum absolute atomic E-state index is 1.10. The smallest absolute Gasteiger partial charge is 0.241 e. The van der Waals surface area contributed by atoms with Crippen LogP contribution in [0.4, 0.5) is 27.6 Å². The molecule has 0 aliphatic rings. The summed E-state index contributed by atoms with van der Waals surface area (Å²) in [5.41, 5.74) is -1.47. The molecule has 96 valence electrons. The van der Waals surface area contributed by atoms with Crippen molar-refractivity contribution in [1.29, 1.82) is 5.26 Å². The van der Waals surface area contributed by atoms with E-state index in [0.29, 0.717) is 0 Å². The molecular formula is C10H5F5N2O. The van der Waals surface area contributed by atoms with Gasteiger partial charge in [0, 0.05) is 0 Å². The van der Waals surface area contributed by atoms with Gasteiger partial charge in [0.25, 0.3) is 0 Å². The van der Waals surface area contributed by atoms with Crippen molar-refractivity contribution in [1.82, 2.24) is 0 Å². The molecular weight excluding hydrogens is 259 g/mol. The van der Waals surface area contributed by atoms with E-state index in [2.05, 4.69) is 0 Å². The summed E-state index contributed by atoms with van der Waals surface area (Å²) in [5, 5.41) is 9.85. The van der Waals surface area contributed by atoms with Gasteiger partial charge in [-0.25, -0.2) is 22.0 Å². The van der Waals surface area contributed by atoms with Gasteiger partial charge in [-0.05, 0) is 6.92 Å². The number of anilines is 1. The Labute approximate surface area is 97.8 Å². The number of nitrogens with one attached hydrogen (secondary N) is 1. The van der Waals surface area contributed by atoms with Crippen LogP contribution in [0.3, 0.4) is 0 Å². The molecule has 1 unspecified atom stereocenters. The van der Waals surface area contributed by atoms with Crippen molar-refractivity contribution in [3.63, 3.8) is 0 Å². The molecule has 0 fully saturated rings. The molecule has 1 atom stereocenters. The number of carbonyl (C=O) groups is 1. The van der Waals surface area contributed by atoms with Crippen molar-refractivity contribution in [2.75, 3.05) is 5.32 Å². The van der Waals surface area contributed by atoms with Crippen LogP contribution in [0.5, 0.6) is 0 Å². The maximum Gasteiger partial charge on any atom is 0.241 e. The third-order valence-corrected chi connectivity index (χ3v) is 2.04. The molecule has 0 saturated carbocycles. The van der Waals surface area contributed by atoms with Crippen LogP contribution >= 0.6 is 0 Å². The Morgan fingerprint density at radius 3 is 1.83 bits per heavy atom. The van der Waals surface area contributed by atoms with Crippen LogP contribution < -0.4 is 5.32 Å². The Morgan fingerprint density at radius 2 is 1.44 bits per heavy atom. The first kappa shape index (κ1) is 13.9. The van der Waals surface area contributed by atoms with Crippen LogP contribution in [-0.4, -0.2) is 5.91 Å². The number of halogens is 5. The zero-order valence-corrected chi connectivity index (χ0v) is 8.82. The summed E-state index contributed by atoms with van der Waals surface area (Å²) >= 11 is 0. The largest absolute Gasteiger partial charge is 0.320 e. The quantitative estimate of drug-likeness (QED) is 0.507. The summed E-state index contributed by atoms with van der Waals surface area (Å²) in [5.74, 6) is -13.5. The second-order valence-corrected chi connectivity index (χ2v) is 3.28. The molecule has 0 aromatic heterocycles. The standard InChI is InChI=1S/C10H5F5N2O/c1-3(2-16)10(18)17-9-7(14)5(12)4(11)6(13)8(9)15/h3H,1H3,(H,17,18). The van der Waals surface area contributed by atoms with Crippen molar-refractivity contribution in [2.45, 2.75) is 6.92 Å². The number of hydrogen-bond acceptors (Lipinski definition) is 2. The van der Waals surface area contributed by atoms with E-state index in [9.17, 15) is 26.7 Å². The summed E-state index contributed by atoms with van der Waals surface area (Å²) in [7, 11) is 0. The van der Waals surface area contributed by atoms with Gasteiger partial charge in [-0.2, -0.15) is 5.26 Å². The Hall–Kier alpha value is -2.17. The number of benzene rings is 1. The predicted octanol–water partition coefficient (Wildman–Crippen LogP) is 2.48. The van der Waals surface area contributed by atoms with Gasteiger partial charge in [-0.1, -0.05) is 0 Å². The fraction of sp³-hybridized carbons (Fsp3) is 0.200. The molecule has 3 nitrogen and oxygen atoms in total. The Kier molecular flexibility index (Phi) is 3.86. The van der Waals surface area contributed by atoms with Crippen molar-refractivity contribution in [2.24, 2.45) is 5.92 Å². The first-order chi connectivity index (χ1) is 8.31. The molecule has 0 saturated heterocycles. The summed E-state index contributed by atoms with van der Waals surface area (Å²) < 4.78 is 64.4. The van der Waals surface area contributed by atoms with E-state index >= 15 is 0 Å². The lowest BCUT2D eigenvalue weighted by molar-refractivity contribution is -0.118. The van der Waals surface area contributed by atoms with Gasteiger partial charge in [0.2, 0.25) is 11.7 Å². The number of hydrogen-bond donors (Lipinski definition) is 1. The van der Waals surface area contributed by atoms with Gasteiger partial charge in [0.1, 0.15) is 11.6 Å². The van der Waals surface area contributed by atoms with Gasteiger partial charge in [-0.3, -0.25) is 4.79 Å². The number of nitriles is 1. The average Bonchev–Trinajstić information content (AvgIpc) is 2.37. The van der Waals surface area contributed by atoms with Crippen molar-refractivity contribution in [3.8, 4) is 6.07 Å². The number of amides is 1. The normalized spacial score (nSPS) is 11.8. The minimum Gasteiger partial charge on any atom is -0.320 e. The topological polar surface area (TPSA) is 52.9 Å². The van der Waals surface area contributed by atoms with E-state index in [1.54, 1.807) is 0 Å². The molecule has 1 amide bonds. The molecule has 0 aliphatic heterocycles. The Morgan fingerprint density at radius 1 is 1.06 bits per heavy atom. The fourth-order valence-corrected chi connectivity index (χ4v) is 1.00. The highest BCUT2D eigenvalue weighted by molar-refractivity contribution is 5.94. The molecule has 1 N–H and O–H groups in total. The highest BCUT2D eigenvalue weighted by Gasteiger charge is 2.27. The molecule has 0 aliphatic carbocycles. The van der Waals surface area contributed by atoms with Gasteiger partial charge in [-0.15, -0.1) is 0 Å². The van der Waals surface area contributed by atoms with E-state index in [-0.39, 0.29) is 0 Å². The lowest BCUT2D eigenvalue weighted by Gasteiger charge is -2.10. The molecule has 8 heteroatoms. The van der Waals surface area contributed by atoms with E-state index in [1.165, 1.54) is 11.4 Å². The summed E-state index contributed by atoms with van der Waals surface area (Å²) in [6.07, 6.45) is 0. The van der Waals surface area contributed by atoms with Gasteiger partial charge >= 0.3 is 0 Å². The molecule has 18 heavy (non-hydrogen) atoms. The van der Waals surface area contributed by atoms with Gasteiger partial charge in [0.05, 0.1) is 6.07 Å². The number of carbonyl (C=O) groups excluding carboxylic acids is 1. The van der Waals surface area contributed by atoms with Crippen molar-refractivity contribution >= 4 is 11.6 Å². The van der Waals surface area contributed by atoms with Crippen LogP contribution in [0.1, 0.15) is 6.92 Å². The lowest BCUT2D eigenvalue weighted by atomic mass is 10.2. The van der Waals surface area contributed by atoms with Crippen LogP contribution in [0.15, 0.2) is 0 Å². The van der Waals surface area contributed by atoms with E-state index in [1.807, 2.05) is 0 Å². The fourth-order valence-electron chi connectivity index (χ4n) is 1.00. The summed E-state index contributed by atoms with van der Waals surface area (Å²) in [4.78, 5) is 11.1. The molecule has 0 radical (unpaired) electrons. The zero-order chi connectivity index (χ0) is 14.0. The SMILES string of the molecule is CC(C#N)C(=O)Nc1c(F)c(F)c(F)c(F)c1F. The maximum atomic E-state index is 13.1. The monoisotopic (exact) mass is 264 g/mol. The summed E-state index contributed by atoms with van der Waals surface area (Å²) in [6.45, 7) is 1.10. The first-order valence-corrected chi connectivity index (χ1v) is 4.53. The molecule has 0 spiro atoms. The molecule has 1 aromatic carbocycles. The molecule has 1 rings (SSSR count). The van der Waals surface area contributed by atoms with Crippen LogP contribution in [0, 0.1) is 46.3 Å².